The first-order valence-electron chi connectivity index (χ1n) is 6.33. The molecule has 0 saturated heterocycles. The summed E-state index contributed by atoms with van der Waals surface area (Å²) in [6.07, 6.45) is 3.05. The maximum absolute atomic E-state index is 13.7. The van der Waals surface area contributed by atoms with E-state index in [2.05, 4.69) is 5.32 Å². The van der Waals surface area contributed by atoms with Gasteiger partial charge in [-0.1, -0.05) is 6.07 Å². The average molecular weight is 267 g/mol. The molecule has 0 heterocycles. The Morgan fingerprint density at radius 1 is 1.53 bits per heavy atom. The highest BCUT2D eigenvalue weighted by atomic mass is 19.1. The maximum Gasteiger partial charge on any atom is 0.337 e. The smallest absolute Gasteiger partial charge is 0.337 e. The summed E-state index contributed by atoms with van der Waals surface area (Å²) in [6.45, 7) is 1.25. The van der Waals surface area contributed by atoms with Gasteiger partial charge in [0.15, 0.2) is 0 Å². The van der Waals surface area contributed by atoms with Crippen molar-refractivity contribution in [2.24, 2.45) is 5.41 Å². The van der Waals surface area contributed by atoms with Crippen molar-refractivity contribution in [2.45, 2.75) is 19.3 Å². The zero-order valence-electron chi connectivity index (χ0n) is 10.9. The van der Waals surface area contributed by atoms with Gasteiger partial charge in [0.1, 0.15) is 5.82 Å². The number of hydrogen-bond donors (Lipinski definition) is 2. The third kappa shape index (κ3) is 3.23. The molecule has 0 bridgehead atoms. The molecule has 4 nitrogen and oxygen atoms in total. The van der Waals surface area contributed by atoms with Crippen LogP contribution in [0.4, 0.5) is 10.1 Å². The number of benzene rings is 1. The summed E-state index contributed by atoms with van der Waals surface area (Å²) >= 11 is 0. The number of nitrogens with one attached hydrogen (secondary N) is 1. The Hall–Kier alpha value is -1.62. The van der Waals surface area contributed by atoms with Crippen LogP contribution in [0.15, 0.2) is 18.2 Å². The van der Waals surface area contributed by atoms with E-state index < -0.39 is 11.8 Å². The molecule has 104 valence electrons. The molecule has 0 radical (unpaired) electrons. The van der Waals surface area contributed by atoms with Crippen molar-refractivity contribution in [3.05, 3.63) is 29.6 Å². The second kappa shape index (κ2) is 5.57. The van der Waals surface area contributed by atoms with Crippen LogP contribution in [-0.2, 0) is 4.74 Å². The summed E-state index contributed by atoms with van der Waals surface area (Å²) in [5, 5.41) is 12.0. The van der Waals surface area contributed by atoms with E-state index in [0.717, 1.165) is 19.3 Å². The topological polar surface area (TPSA) is 58.6 Å². The quantitative estimate of drug-likeness (QED) is 0.797. The lowest BCUT2D eigenvalue weighted by Gasteiger charge is -2.17. The largest absolute Gasteiger partial charge is 0.478 e. The molecule has 0 aromatic heterocycles. The predicted molar refractivity (Wildman–Crippen MR) is 70.0 cm³/mol. The van der Waals surface area contributed by atoms with Crippen molar-refractivity contribution in [2.75, 3.05) is 25.6 Å². The summed E-state index contributed by atoms with van der Waals surface area (Å²) in [4.78, 5) is 11.1. The lowest BCUT2D eigenvalue weighted by molar-refractivity contribution is 0.0697. The fourth-order valence-corrected chi connectivity index (χ4v) is 2.17. The van der Waals surface area contributed by atoms with Gasteiger partial charge in [0, 0.05) is 20.3 Å². The van der Waals surface area contributed by atoms with Crippen LogP contribution in [0.5, 0.6) is 0 Å². The lowest BCUT2D eigenvalue weighted by Crippen LogP contribution is -2.19. The SMILES string of the molecule is COCCC1(CNc2c(F)cccc2C(=O)O)CC1. The predicted octanol–water partition coefficient (Wildman–Crippen LogP) is 2.75. The molecule has 1 saturated carbocycles. The molecule has 1 aromatic carbocycles. The summed E-state index contributed by atoms with van der Waals surface area (Å²) in [5.74, 6) is -1.65. The minimum atomic E-state index is -1.12. The van der Waals surface area contributed by atoms with E-state index in [9.17, 15) is 9.18 Å². The highest BCUT2D eigenvalue weighted by molar-refractivity contribution is 5.94. The lowest BCUT2D eigenvalue weighted by atomic mass is 10.0. The van der Waals surface area contributed by atoms with Crippen LogP contribution in [0.1, 0.15) is 29.6 Å². The standard InChI is InChI=1S/C14H18FNO3/c1-19-8-7-14(5-6-14)9-16-12-10(13(17)18)3-2-4-11(12)15/h2-4,16H,5-9H2,1H3,(H,17,18). The van der Waals surface area contributed by atoms with Crippen LogP contribution in [0.3, 0.4) is 0 Å². The fourth-order valence-electron chi connectivity index (χ4n) is 2.17. The maximum atomic E-state index is 13.7. The highest BCUT2D eigenvalue weighted by Gasteiger charge is 2.42. The Kier molecular flexibility index (Phi) is 4.04. The van der Waals surface area contributed by atoms with E-state index in [-0.39, 0.29) is 16.7 Å². The van der Waals surface area contributed by atoms with Crippen LogP contribution < -0.4 is 5.32 Å². The molecule has 1 aliphatic rings. The van der Waals surface area contributed by atoms with Gasteiger partial charge in [-0.15, -0.1) is 0 Å². The molecule has 2 rings (SSSR count). The average Bonchev–Trinajstić information content (AvgIpc) is 3.15. The van der Waals surface area contributed by atoms with E-state index in [1.807, 2.05) is 0 Å². The fraction of sp³-hybridized carbons (Fsp3) is 0.500. The van der Waals surface area contributed by atoms with E-state index in [0.29, 0.717) is 13.2 Å². The van der Waals surface area contributed by atoms with E-state index >= 15 is 0 Å². The number of ether oxygens (including phenoxy) is 1. The van der Waals surface area contributed by atoms with Gasteiger partial charge >= 0.3 is 5.97 Å². The second-order valence-electron chi connectivity index (χ2n) is 5.06. The number of rotatable bonds is 7. The van der Waals surface area contributed by atoms with Crippen molar-refractivity contribution >= 4 is 11.7 Å². The minimum Gasteiger partial charge on any atom is -0.478 e. The minimum absolute atomic E-state index is 0.0254. The number of carboxylic acids is 1. The number of anilines is 1. The van der Waals surface area contributed by atoms with Crippen LogP contribution >= 0.6 is 0 Å². The number of carboxylic acid groups (broad SMARTS) is 1. The zero-order chi connectivity index (χ0) is 13.9. The Morgan fingerprint density at radius 2 is 2.26 bits per heavy atom. The van der Waals surface area contributed by atoms with Gasteiger partial charge in [-0.3, -0.25) is 0 Å². The van der Waals surface area contributed by atoms with Crippen molar-refractivity contribution in [3.8, 4) is 0 Å². The third-order valence-corrected chi connectivity index (χ3v) is 3.68. The molecule has 0 aliphatic heterocycles. The first kappa shape index (κ1) is 13.8. The summed E-state index contributed by atoms with van der Waals surface area (Å²) in [5.41, 5.74) is 0.190. The number of halogens is 1. The Morgan fingerprint density at radius 3 is 2.84 bits per heavy atom. The Bertz CT molecular complexity index is 472. The Balaban J connectivity index is 2.05. The zero-order valence-corrected chi connectivity index (χ0v) is 10.9. The molecule has 0 atom stereocenters. The summed E-state index contributed by atoms with van der Waals surface area (Å²) in [6, 6.07) is 4.08. The van der Waals surface area contributed by atoms with Crippen molar-refractivity contribution in [3.63, 3.8) is 0 Å². The molecular formula is C14H18FNO3. The van der Waals surface area contributed by atoms with Crippen molar-refractivity contribution in [1.29, 1.82) is 0 Å². The van der Waals surface area contributed by atoms with Crippen LogP contribution in [-0.4, -0.2) is 31.3 Å². The number of para-hydroxylation sites is 1. The van der Waals surface area contributed by atoms with Crippen LogP contribution in [0.25, 0.3) is 0 Å². The van der Waals surface area contributed by atoms with Crippen molar-refractivity contribution < 1.29 is 19.0 Å². The van der Waals surface area contributed by atoms with Gasteiger partial charge in [-0.05, 0) is 36.8 Å². The van der Waals surface area contributed by atoms with Gasteiger partial charge < -0.3 is 15.2 Å². The number of aromatic carboxylic acids is 1. The first-order valence-corrected chi connectivity index (χ1v) is 6.33. The molecule has 0 amide bonds. The second-order valence-corrected chi connectivity index (χ2v) is 5.06. The third-order valence-electron chi connectivity index (χ3n) is 3.68. The molecule has 1 aliphatic carbocycles. The van der Waals surface area contributed by atoms with Gasteiger partial charge in [0.25, 0.3) is 0 Å². The van der Waals surface area contributed by atoms with E-state index in [4.69, 9.17) is 9.84 Å². The van der Waals surface area contributed by atoms with Gasteiger partial charge in [-0.25, -0.2) is 9.18 Å². The molecule has 1 fully saturated rings. The van der Waals surface area contributed by atoms with E-state index in [1.165, 1.54) is 18.2 Å². The molecule has 0 unspecified atom stereocenters. The van der Waals surface area contributed by atoms with Crippen LogP contribution in [0.2, 0.25) is 0 Å². The number of methoxy groups -OCH3 is 1. The van der Waals surface area contributed by atoms with Crippen molar-refractivity contribution in [1.82, 2.24) is 0 Å². The molecule has 5 heteroatoms. The summed E-state index contributed by atoms with van der Waals surface area (Å²) < 4.78 is 18.8. The van der Waals surface area contributed by atoms with Gasteiger partial charge in [0.2, 0.25) is 0 Å². The number of carbonyl (C=O) groups is 1. The molecule has 2 N–H and O–H groups in total. The molecule has 0 spiro atoms. The molecule has 1 aromatic rings. The highest BCUT2D eigenvalue weighted by Crippen LogP contribution is 2.48. The van der Waals surface area contributed by atoms with Gasteiger partial charge in [-0.2, -0.15) is 0 Å². The summed E-state index contributed by atoms with van der Waals surface area (Å²) in [7, 11) is 1.66. The van der Waals surface area contributed by atoms with Gasteiger partial charge in [0.05, 0.1) is 11.3 Å². The van der Waals surface area contributed by atoms with Crippen LogP contribution in [0, 0.1) is 11.2 Å². The first-order chi connectivity index (χ1) is 9.08. The molecular weight excluding hydrogens is 249 g/mol. The van der Waals surface area contributed by atoms with E-state index in [1.54, 1.807) is 7.11 Å². The molecule has 19 heavy (non-hydrogen) atoms. The normalized spacial score (nSPS) is 16.1. The number of hydrogen-bond acceptors (Lipinski definition) is 3. The monoisotopic (exact) mass is 267 g/mol. The Labute approximate surface area is 111 Å².